The van der Waals surface area contributed by atoms with Crippen molar-refractivity contribution in [2.75, 3.05) is 11.5 Å². The number of halogens is 6. The molecule has 0 radical (unpaired) electrons. The highest BCUT2D eigenvalue weighted by Gasteiger charge is 2.58. The number of allylic oxidation sites excluding steroid dienone is 2. The van der Waals surface area contributed by atoms with Gasteiger partial charge in [0.05, 0.1) is 41.4 Å². The normalized spacial score (nSPS) is 23.3. The molecule has 1 N–H and O–H groups in total. The van der Waals surface area contributed by atoms with Crippen molar-refractivity contribution in [2.24, 2.45) is 23.7 Å². The number of phenols is 1. The van der Waals surface area contributed by atoms with Crippen LogP contribution in [0.15, 0.2) is 83.9 Å². The highest BCUT2D eigenvalue weighted by molar-refractivity contribution is 6.22. The summed E-state index contributed by atoms with van der Waals surface area (Å²) >= 11 is 0. The number of alkyl halides is 6. The average Bonchev–Trinajstić information content (AvgIpc) is 3.56. The quantitative estimate of drug-likeness (QED) is 0.118. The summed E-state index contributed by atoms with van der Waals surface area (Å²) in [5.74, 6) is -4.02. The average molecular weight is 670 g/mol. The van der Waals surface area contributed by atoms with Crippen LogP contribution < -0.4 is 4.90 Å². The summed E-state index contributed by atoms with van der Waals surface area (Å²) in [4.78, 5) is 28.2. The first-order chi connectivity index (χ1) is 22.6. The fraction of sp³-hybridized carbons (Fsp3) is 0.351. The van der Waals surface area contributed by atoms with Gasteiger partial charge in [-0.3, -0.25) is 9.59 Å². The number of ether oxygens (including phenoxy) is 1. The van der Waals surface area contributed by atoms with Crippen LogP contribution in [0.1, 0.15) is 55.4 Å². The summed E-state index contributed by atoms with van der Waals surface area (Å²) in [5.41, 5.74) is 0.382. The van der Waals surface area contributed by atoms with E-state index in [1.165, 1.54) is 0 Å². The second-order valence-corrected chi connectivity index (χ2v) is 12.8. The van der Waals surface area contributed by atoms with E-state index in [9.17, 15) is 41.0 Å². The minimum Gasteiger partial charge on any atom is -0.507 e. The molecule has 3 aromatic rings. The van der Waals surface area contributed by atoms with Gasteiger partial charge in [0.1, 0.15) is 5.75 Å². The second-order valence-electron chi connectivity index (χ2n) is 12.8. The molecule has 6 rings (SSSR count). The van der Waals surface area contributed by atoms with Crippen molar-refractivity contribution in [1.29, 1.82) is 0 Å². The van der Waals surface area contributed by atoms with Gasteiger partial charge < -0.3 is 9.84 Å². The number of rotatable bonds is 7. The molecule has 1 aliphatic carbocycles. The van der Waals surface area contributed by atoms with Crippen molar-refractivity contribution in [3.63, 3.8) is 0 Å². The van der Waals surface area contributed by atoms with Gasteiger partial charge in [0.25, 0.3) is 0 Å². The molecule has 5 nitrogen and oxygen atoms in total. The number of aromatic hydroxyl groups is 1. The number of benzene rings is 3. The maximum Gasteiger partial charge on any atom is 0.416 e. The molecule has 2 aliphatic heterocycles. The van der Waals surface area contributed by atoms with Crippen molar-refractivity contribution in [3.8, 4) is 5.75 Å². The van der Waals surface area contributed by atoms with Crippen LogP contribution in [0.3, 0.4) is 0 Å². The number of carbonyl (C=O) groups excluding carboxylic acids is 2. The number of anilines is 1. The van der Waals surface area contributed by atoms with Crippen LogP contribution in [0.2, 0.25) is 0 Å². The predicted octanol–water partition coefficient (Wildman–Crippen LogP) is 8.93. The van der Waals surface area contributed by atoms with Gasteiger partial charge in [-0.15, -0.1) is 0 Å². The molecule has 2 saturated heterocycles. The third-order valence-electron chi connectivity index (χ3n) is 9.56. The van der Waals surface area contributed by atoms with E-state index in [2.05, 4.69) is 0 Å². The molecule has 0 saturated carbocycles. The van der Waals surface area contributed by atoms with Crippen LogP contribution in [-0.2, 0) is 26.7 Å². The maximum absolute atomic E-state index is 13.9. The number of para-hydroxylation sites is 1. The van der Waals surface area contributed by atoms with Crippen LogP contribution >= 0.6 is 0 Å². The maximum atomic E-state index is 13.9. The van der Waals surface area contributed by atoms with Gasteiger partial charge in [-0.05, 0) is 72.2 Å². The number of phenolic OH excluding ortho intramolecular Hbond substituents is 1. The van der Waals surface area contributed by atoms with E-state index in [0.29, 0.717) is 35.4 Å². The molecule has 48 heavy (non-hydrogen) atoms. The smallest absolute Gasteiger partial charge is 0.416 e. The first-order valence-corrected chi connectivity index (χ1v) is 15.7. The molecule has 3 aliphatic rings. The van der Waals surface area contributed by atoms with E-state index < -0.39 is 64.8 Å². The first-order valence-electron chi connectivity index (χ1n) is 15.7. The summed E-state index contributed by atoms with van der Waals surface area (Å²) < 4.78 is 88.2. The Kier molecular flexibility index (Phi) is 8.78. The lowest BCUT2D eigenvalue weighted by atomic mass is 9.67. The summed E-state index contributed by atoms with van der Waals surface area (Å²) in [5, 5.41) is 10.4. The SMILES string of the molecule is CC(C)C1=C2[C@@H](CC/C(=C/c3ccccc3O)c3ccccc3)OC[C@@H]2[C@@H]2C(=O)N(c3cc(C(F)(F)F)cc(C(F)(F)F)c3)C(=O)[C@@H]2C1. The molecule has 11 heteroatoms. The third-order valence-corrected chi connectivity index (χ3v) is 9.56. The molecule has 252 valence electrons. The predicted molar refractivity (Wildman–Crippen MR) is 167 cm³/mol. The van der Waals surface area contributed by atoms with Crippen molar-refractivity contribution in [1.82, 2.24) is 0 Å². The highest BCUT2D eigenvalue weighted by atomic mass is 19.4. The van der Waals surface area contributed by atoms with Gasteiger partial charge in [0.15, 0.2) is 0 Å². The van der Waals surface area contributed by atoms with Crippen molar-refractivity contribution in [2.45, 2.75) is 51.6 Å². The van der Waals surface area contributed by atoms with E-state index in [0.717, 1.165) is 22.3 Å². The van der Waals surface area contributed by atoms with Crippen LogP contribution in [0.4, 0.5) is 32.0 Å². The lowest BCUT2D eigenvalue weighted by molar-refractivity contribution is -0.143. The largest absolute Gasteiger partial charge is 0.507 e. The topological polar surface area (TPSA) is 66.8 Å². The monoisotopic (exact) mass is 669 g/mol. The number of fused-ring (bicyclic) bond motifs is 3. The van der Waals surface area contributed by atoms with E-state index in [1.807, 2.05) is 56.3 Å². The van der Waals surface area contributed by atoms with Gasteiger partial charge in [-0.2, -0.15) is 26.3 Å². The molecular weight excluding hydrogens is 636 g/mol. The minimum atomic E-state index is -5.13. The number of nitrogens with zero attached hydrogens (tertiary/aromatic N) is 1. The Morgan fingerprint density at radius 3 is 2.12 bits per heavy atom. The van der Waals surface area contributed by atoms with Gasteiger partial charge in [0.2, 0.25) is 11.8 Å². The highest BCUT2D eigenvalue weighted by Crippen LogP contribution is 2.52. The molecule has 0 unspecified atom stereocenters. The summed E-state index contributed by atoms with van der Waals surface area (Å²) in [6.45, 7) is 3.98. The second kappa shape index (κ2) is 12.6. The van der Waals surface area contributed by atoms with Gasteiger partial charge >= 0.3 is 12.4 Å². The number of hydrogen-bond acceptors (Lipinski definition) is 4. The Hall–Kier alpha value is -4.38. The number of imide groups is 1. The lowest BCUT2D eigenvalue weighted by Crippen LogP contribution is -2.35. The first kappa shape index (κ1) is 33.5. The van der Waals surface area contributed by atoms with Crippen molar-refractivity contribution in [3.05, 3.63) is 106 Å². The van der Waals surface area contributed by atoms with Crippen LogP contribution in [0, 0.1) is 23.7 Å². The van der Waals surface area contributed by atoms with E-state index in [-0.39, 0.29) is 30.8 Å². The summed E-state index contributed by atoms with van der Waals surface area (Å²) in [6.07, 6.45) is -7.59. The summed E-state index contributed by atoms with van der Waals surface area (Å²) in [7, 11) is 0. The standard InChI is InChI=1S/C37H33F6NO4/c1-20(2)27-18-28-33(35(47)44(34(28)46)26-16-24(36(38,39)40)15-25(17-26)37(41,42)43)29-19-48-31(32(27)29)13-12-22(21-8-4-3-5-9-21)14-23-10-6-7-11-30(23)45/h3-11,14-17,20,28-29,31,33,45H,12-13,18-19H2,1-2H3/b22-14-/t28-,29+,31-,33-/m1/s1. The van der Waals surface area contributed by atoms with Gasteiger partial charge in [-0.25, -0.2) is 4.90 Å². The Morgan fingerprint density at radius 2 is 1.52 bits per heavy atom. The number of hydrogen-bond donors (Lipinski definition) is 1. The summed E-state index contributed by atoms with van der Waals surface area (Å²) in [6, 6.07) is 17.4. The van der Waals surface area contributed by atoms with E-state index >= 15 is 0 Å². The van der Waals surface area contributed by atoms with Gasteiger partial charge in [0, 0.05) is 11.5 Å². The van der Waals surface area contributed by atoms with Crippen LogP contribution in [-0.4, -0.2) is 29.6 Å². The Morgan fingerprint density at radius 1 is 0.896 bits per heavy atom. The van der Waals surface area contributed by atoms with Crippen molar-refractivity contribution >= 4 is 29.2 Å². The molecule has 0 spiro atoms. The number of amides is 2. The van der Waals surface area contributed by atoms with Crippen LogP contribution in [0.25, 0.3) is 11.6 Å². The molecule has 4 atom stereocenters. The third kappa shape index (κ3) is 6.27. The van der Waals surface area contributed by atoms with E-state index in [1.54, 1.807) is 18.2 Å². The molecule has 2 amide bonds. The lowest BCUT2D eigenvalue weighted by Gasteiger charge is -2.33. The zero-order chi connectivity index (χ0) is 34.5. The Bertz CT molecular complexity index is 1760. The van der Waals surface area contributed by atoms with Crippen molar-refractivity contribution < 1.29 is 45.8 Å². The fourth-order valence-corrected chi connectivity index (χ4v) is 7.32. The number of carbonyl (C=O) groups is 2. The molecular formula is C37H33F6NO4. The molecule has 2 heterocycles. The molecule has 2 fully saturated rings. The Labute approximate surface area is 273 Å². The Balaban J connectivity index is 1.32. The minimum absolute atomic E-state index is 0.0230. The molecule has 3 aromatic carbocycles. The molecule has 0 bridgehead atoms. The van der Waals surface area contributed by atoms with E-state index in [4.69, 9.17) is 4.74 Å². The zero-order valence-electron chi connectivity index (χ0n) is 26.1. The fourth-order valence-electron chi connectivity index (χ4n) is 7.32. The zero-order valence-corrected chi connectivity index (χ0v) is 26.1. The van der Waals surface area contributed by atoms with Gasteiger partial charge in [-0.1, -0.05) is 68.0 Å². The van der Waals surface area contributed by atoms with Crippen LogP contribution in [0.5, 0.6) is 5.75 Å². The molecule has 0 aromatic heterocycles.